The average molecular weight is 397 g/mol. The van der Waals surface area contributed by atoms with Crippen molar-refractivity contribution < 1.29 is 9.21 Å². The fourth-order valence-corrected chi connectivity index (χ4v) is 3.77. The third-order valence-electron chi connectivity index (χ3n) is 5.37. The first-order valence-electron chi connectivity index (χ1n) is 9.69. The highest BCUT2D eigenvalue weighted by molar-refractivity contribution is 6.01. The predicted octanol–water partition coefficient (Wildman–Crippen LogP) is 3.95. The van der Waals surface area contributed by atoms with Gasteiger partial charge in [0.15, 0.2) is 0 Å². The van der Waals surface area contributed by atoms with Crippen LogP contribution in [0.3, 0.4) is 0 Å². The average Bonchev–Trinajstić information content (AvgIpc) is 3.15. The van der Waals surface area contributed by atoms with Crippen LogP contribution in [-0.4, -0.2) is 27.4 Å². The molecular formula is C24H19N3O3. The van der Waals surface area contributed by atoms with Crippen LogP contribution in [-0.2, 0) is 17.9 Å². The molecular weight excluding hydrogens is 378 g/mol. The Morgan fingerprint density at radius 1 is 1.00 bits per heavy atom. The highest BCUT2D eigenvalue weighted by Gasteiger charge is 2.16. The monoisotopic (exact) mass is 397 g/mol. The van der Waals surface area contributed by atoms with Crippen LogP contribution in [0.5, 0.6) is 0 Å². The zero-order valence-electron chi connectivity index (χ0n) is 16.4. The molecule has 0 aliphatic heterocycles. The molecule has 5 rings (SSSR count). The van der Waals surface area contributed by atoms with Crippen LogP contribution in [0.15, 0.2) is 82.3 Å². The lowest BCUT2D eigenvalue weighted by Crippen LogP contribution is -2.33. The third kappa shape index (κ3) is 3.03. The molecule has 1 amide bonds. The molecule has 0 spiro atoms. The Bertz CT molecular complexity index is 1460. The fourth-order valence-electron chi connectivity index (χ4n) is 3.77. The molecule has 0 unspecified atom stereocenters. The standard InChI is InChI=1S/C24H19N3O3/c1-26(13-17-9-6-8-16-7-2-3-10-18(16)17)21(28)14-27-15-25-22-19-11-4-5-12-20(19)30-23(22)24(27)29/h2-12,15H,13-14H2,1H3. The maximum Gasteiger partial charge on any atom is 0.297 e. The second-order valence-electron chi connectivity index (χ2n) is 7.34. The van der Waals surface area contributed by atoms with E-state index in [0.717, 1.165) is 21.7 Å². The first kappa shape index (κ1) is 18.1. The van der Waals surface area contributed by atoms with E-state index in [1.165, 1.54) is 10.9 Å². The molecule has 6 nitrogen and oxygen atoms in total. The Morgan fingerprint density at radius 2 is 1.73 bits per heavy atom. The van der Waals surface area contributed by atoms with Crippen molar-refractivity contribution in [1.29, 1.82) is 0 Å². The molecule has 30 heavy (non-hydrogen) atoms. The molecule has 0 N–H and O–H groups in total. The smallest absolute Gasteiger partial charge is 0.297 e. The number of carbonyl (C=O) groups is 1. The SMILES string of the molecule is CN(Cc1cccc2ccccc12)C(=O)Cn1cnc2c(oc3ccccc32)c1=O. The predicted molar refractivity (Wildman–Crippen MR) is 116 cm³/mol. The van der Waals surface area contributed by atoms with Crippen molar-refractivity contribution >= 4 is 38.7 Å². The van der Waals surface area contributed by atoms with Crippen molar-refractivity contribution in [1.82, 2.24) is 14.5 Å². The molecule has 6 heteroatoms. The molecule has 0 fully saturated rings. The summed E-state index contributed by atoms with van der Waals surface area (Å²) in [5.41, 5.74) is 1.99. The summed E-state index contributed by atoms with van der Waals surface area (Å²) in [4.78, 5) is 31.7. The Kier molecular flexibility index (Phi) is 4.32. The summed E-state index contributed by atoms with van der Waals surface area (Å²) in [6.45, 7) is 0.356. The number of amides is 1. The number of aromatic nitrogens is 2. The lowest BCUT2D eigenvalue weighted by atomic mass is 10.0. The first-order valence-corrected chi connectivity index (χ1v) is 9.69. The summed E-state index contributed by atoms with van der Waals surface area (Å²) < 4.78 is 6.99. The number of hydrogen-bond acceptors (Lipinski definition) is 4. The summed E-state index contributed by atoms with van der Waals surface area (Å²) in [6, 6.07) is 21.5. The van der Waals surface area contributed by atoms with Gasteiger partial charge in [-0.1, -0.05) is 54.6 Å². The lowest BCUT2D eigenvalue weighted by Gasteiger charge is -2.19. The fraction of sp³-hybridized carbons (Fsp3) is 0.125. The van der Waals surface area contributed by atoms with Crippen LogP contribution < -0.4 is 5.56 Å². The van der Waals surface area contributed by atoms with Gasteiger partial charge in [0.05, 0.1) is 6.33 Å². The molecule has 0 bridgehead atoms. The van der Waals surface area contributed by atoms with Gasteiger partial charge >= 0.3 is 0 Å². The largest absolute Gasteiger partial charge is 0.448 e. The third-order valence-corrected chi connectivity index (χ3v) is 5.37. The molecule has 2 heterocycles. The van der Waals surface area contributed by atoms with E-state index in [-0.39, 0.29) is 23.6 Å². The maximum absolute atomic E-state index is 12.8. The van der Waals surface area contributed by atoms with Gasteiger partial charge in [0.25, 0.3) is 5.56 Å². The summed E-state index contributed by atoms with van der Waals surface area (Å²) in [5.74, 6) is -0.178. The van der Waals surface area contributed by atoms with Crippen LogP contribution in [0.2, 0.25) is 0 Å². The molecule has 0 saturated heterocycles. The Labute approximate surface area is 172 Å². The van der Waals surface area contributed by atoms with E-state index < -0.39 is 0 Å². The number of rotatable bonds is 4. The van der Waals surface area contributed by atoms with Gasteiger partial charge in [-0.2, -0.15) is 0 Å². The van der Waals surface area contributed by atoms with Gasteiger partial charge in [0.2, 0.25) is 11.5 Å². The second-order valence-corrected chi connectivity index (χ2v) is 7.34. The minimum atomic E-state index is -0.358. The normalized spacial score (nSPS) is 11.4. The summed E-state index contributed by atoms with van der Waals surface area (Å²) in [5, 5.41) is 3.03. The highest BCUT2D eigenvalue weighted by Crippen LogP contribution is 2.24. The molecule has 0 aliphatic carbocycles. The molecule has 5 aromatic rings. The molecule has 3 aromatic carbocycles. The minimum Gasteiger partial charge on any atom is -0.448 e. The van der Waals surface area contributed by atoms with Crippen LogP contribution in [0, 0.1) is 0 Å². The second kappa shape index (κ2) is 7.15. The number of fused-ring (bicyclic) bond motifs is 4. The van der Waals surface area contributed by atoms with Crippen LogP contribution in [0.4, 0.5) is 0 Å². The van der Waals surface area contributed by atoms with E-state index in [1.807, 2.05) is 48.5 Å². The Morgan fingerprint density at radius 3 is 2.60 bits per heavy atom. The van der Waals surface area contributed by atoms with E-state index >= 15 is 0 Å². The van der Waals surface area contributed by atoms with Crippen molar-refractivity contribution in [2.24, 2.45) is 0 Å². The highest BCUT2D eigenvalue weighted by atomic mass is 16.3. The lowest BCUT2D eigenvalue weighted by molar-refractivity contribution is -0.131. The molecule has 0 aliphatic rings. The van der Waals surface area contributed by atoms with Crippen molar-refractivity contribution in [2.75, 3.05) is 7.05 Å². The van der Waals surface area contributed by atoms with Gasteiger partial charge in [-0.25, -0.2) is 4.98 Å². The van der Waals surface area contributed by atoms with Gasteiger partial charge in [-0.3, -0.25) is 14.2 Å². The van der Waals surface area contributed by atoms with Gasteiger partial charge in [0.1, 0.15) is 17.6 Å². The zero-order valence-corrected chi connectivity index (χ0v) is 16.4. The summed E-state index contributed by atoms with van der Waals surface area (Å²) in [7, 11) is 1.74. The summed E-state index contributed by atoms with van der Waals surface area (Å²) in [6.07, 6.45) is 1.41. The molecule has 2 aromatic heterocycles. The maximum atomic E-state index is 12.8. The molecule has 0 saturated carbocycles. The molecule has 0 atom stereocenters. The van der Waals surface area contributed by atoms with Gasteiger partial charge in [-0.15, -0.1) is 0 Å². The molecule has 148 valence electrons. The Balaban J connectivity index is 1.42. The summed E-state index contributed by atoms with van der Waals surface area (Å²) >= 11 is 0. The molecule has 0 radical (unpaired) electrons. The van der Waals surface area contributed by atoms with Gasteiger partial charge < -0.3 is 9.32 Å². The van der Waals surface area contributed by atoms with Crippen molar-refractivity contribution in [3.63, 3.8) is 0 Å². The van der Waals surface area contributed by atoms with E-state index in [4.69, 9.17) is 4.42 Å². The number of likely N-dealkylation sites (N-methyl/N-ethyl adjacent to an activating group) is 1. The number of hydrogen-bond donors (Lipinski definition) is 0. The number of benzene rings is 3. The zero-order chi connectivity index (χ0) is 20.7. The van der Waals surface area contributed by atoms with Crippen LogP contribution in [0.1, 0.15) is 5.56 Å². The van der Waals surface area contributed by atoms with Crippen LogP contribution in [0.25, 0.3) is 32.8 Å². The quantitative estimate of drug-likeness (QED) is 0.460. The minimum absolute atomic E-state index is 0.0971. The van der Waals surface area contributed by atoms with Crippen molar-refractivity contribution in [2.45, 2.75) is 13.1 Å². The Hall–Kier alpha value is -3.93. The van der Waals surface area contributed by atoms with Gasteiger partial charge in [-0.05, 0) is 28.5 Å². The van der Waals surface area contributed by atoms with Crippen molar-refractivity contribution in [3.8, 4) is 0 Å². The van der Waals surface area contributed by atoms with E-state index in [9.17, 15) is 9.59 Å². The van der Waals surface area contributed by atoms with E-state index in [0.29, 0.717) is 17.6 Å². The van der Waals surface area contributed by atoms with Crippen LogP contribution >= 0.6 is 0 Å². The topological polar surface area (TPSA) is 68.3 Å². The van der Waals surface area contributed by atoms with E-state index in [1.54, 1.807) is 18.0 Å². The number of para-hydroxylation sites is 1. The number of nitrogens with zero attached hydrogens (tertiary/aromatic N) is 3. The number of furan rings is 1. The van der Waals surface area contributed by atoms with E-state index in [2.05, 4.69) is 17.1 Å². The number of carbonyl (C=O) groups excluding carboxylic acids is 1. The van der Waals surface area contributed by atoms with Crippen molar-refractivity contribution in [3.05, 3.63) is 89.0 Å². The first-order chi connectivity index (χ1) is 14.6. The van der Waals surface area contributed by atoms with Gasteiger partial charge in [0, 0.05) is 19.0 Å².